The second-order valence-corrected chi connectivity index (χ2v) is 7.73. The third kappa shape index (κ3) is 3.10. The molecule has 2 aromatic heterocycles. The molecular formula is C19H27N5O. The largest absolute Gasteiger partial charge is 0.334 e. The highest BCUT2D eigenvalue weighted by molar-refractivity contribution is 5.93. The highest BCUT2D eigenvalue weighted by Crippen LogP contribution is 2.27. The van der Waals surface area contributed by atoms with Crippen LogP contribution in [-0.2, 0) is 32.2 Å². The fraction of sp³-hybridized carbons (Fsp3) is 0.632. The van der Waals surface area contributed by atoms with Crippen LogP contribution in [0.25, 0.3) is 0 Å². The molecule has 2 aliphatic carbocycles. The van der Waals surface area contributed by atoms with Crippen LogP contribution in [0.15, 0.2) is 0 Å². The minimum Gasteiger partial charge on any atom is -0.334 e. The Labute approximate surface area is 148 Å². The summed E-state index contributed by atoms with van der Waals surface area (Å²) in [6.45, 7) is 2.79. The lowest BCUT2D eigenvalue weighted by Crippen LogP contribution is -2.28. The Balaban J connectivity index is 1.52. The van der Waals surface area contributed by atoms with Crippen LogP contribution in [0.4, 0.5) is 0 Å². The molecule has 0 aromatic carbocycles. The van der Waals surface area contributed by atoms with E-state index in [9.17, 15) is 4.79 Å². The minimum absolute atomic E-state index is 0.00280. The molecule has 4 rings (SSSR count). The van der Waals surface area contributed by atoms with Crippen LogP contribution in [0.3, 0.4) is 0 Å². The van der Waals surface area contributed by atoms with E-state index in [0.717, 1.165) is 49.1 Å². The number of carbonyl (C=O) groups is 1. The Morgan fingerprint density at radius 1 is 1.08 bits per heavy atom. The maximum atomic E-state index is 13.0. The molecule has 1 unspecified atom stereocenters. The molecule has 134 valence electrons. The van der Waals surface area contributed by atoms with E-state index in [1.54, 1.807) is 4.90 Å². The van der Waals surface area contributed by atoms with Gasteiger partial charge in [0.15, 0.2) is 5.69 Å². The van der Waals surface area contributed by atoms with Crippen molar-refractivity contribution in [1.29, 1.82) is 0 Å². The minimum atomic E-state index is -0.00280. The molecule has 25 heavy (non-hydrogen) atoms. The zero-order valence-corrected chi connectivity index (χ0v) is 15.2. The number of rotatable bonds is 3. The third-order valence-corrected chi connectivity index (χ3v) is 5.72. The van der Waals surface area contributed by atoms with Gasteiger partial charge in [-0.25, -0.2) is 0 Å². The van der Waals surface area contributed by atoms with Crippen molar-refractivity contribution in [2.45, 2.75) is 64.8 Å². The molecule has 1 atom stereocenters. The van der Waals surface area contributed by atoms with Gasteiger partial charge >= 0.3 is 0 Å². The molecule has 0 spiro atoms. The average molecular weight is 341 g/mol. The maximum Gasteiger partial charge on any atom is 0.274 e. The quantitative estimate of drug-likeness (QED) is 0.843. The van der Waals surface area contributed by atoms with Crippen LogP contribution in [0.2, 0.25) is 0 Å². The molecule has 6 heteroatoms. The number of aromatic nitrogens is 4. The van der Waals surface area contributed by atoms with Crippen LogP contribution >= 0.6 is 0 Å². The molecule has 2 N–H and O–H groups in total. The Morgan fingerprint density at radius 3 is 2.72 bits per heavy atom. The summed E-state index contributed by atoms with van der Waals surface area (Å²) < 4.78 is 0. The van der Waals surface area contributed by atoms with Gasteiger partial charge in [-0.05, 0) is 56.4 Å². The van der Waals surface area contributed by atoms with Crippen molar-refractivity contribution in [2.75, 3.05) is 7.05 Å². The average Bonchev–Trinajstić information content (AvgIpc) is 3.10. The van der Waals surface area contributed by atoms with Gasteiger partial charge in [-0.2, -0.15) is 10.2 Å². The summed E-state index contributed by atoms with van der Waals surface area (Å²) in [7, 11) is 1.85. The second-order valence-electron chi connectivity index (χ2n) is 7.73. The van der Waals surface area contributed by atoms with E-state index in [1.807, 2.05) is 7.05 Å². The lowest BCUT2D eigenvalue weighted by atomic mass is 9.87. The van der Waals surface area contributed by atoms with E-state index in [0.29, 0.717) is 18.2 Å². The van der Waals surface area contributed by atoms with Crippen molar-refractivity contribution in [3.63, 3.8) is 0 Å². The summed E-state index contributed by atoms with van der Waals surface area (Å²) in [5.74, 6) is 0.612. The smallest absolute Gasteiger partial charge is 0.274 e. The fourth-order valence-electron chi connectivity index (χ4n) is 4.18. The summed E-state index contributed by atoms with van der Waals surface area (Å²) in [5, 5.41) is 15.1. The first kappa shape index (κ1) is 16.4. The van der Waals surface area contributed by atoms with E-state index in [1.165, 1.54) is 30.5 Å². The van der Waals surface area contributed by atoms with Gasteiger partial charge in [0.2, 0.25) is 0 Å². The Kier molecular flexibility index (Phi) is 4.36. The molecule has 6 nitrogen and oxygen atoms in total. The van der Waals surface area contributed by atoms with Gasteiger partial charge in [-0.1, -0.05) is 13.3 Å². The van der Waals surface area contributed by atoms with E-state index < -0.39 is 0 Å². The molecule has 2 heterocycles. The molecule has 0 bridgehead atoms. The van der Waals surface area contributed by atoms with Gasteiger partial charge in [-0.3, -0.25) is 15.0 Å². The van der Waals surface area contributed by atoms with Crippen LogP contribution in [0, 0.1) is 5.92 Å². The molecule has 1 amide bonds. The molecule has 2 aromatic rings. The predicted molar refractivity (Wildman–Crippen MR) is 95.4 cm³/mol. The number of nitrogens with zero attached hydrogens (tertiary/aromatic N) is 3. The Morgan fingerprint density at radius 2 is 1.84 bits per heavy atom. The van der Waals surface area contributed by atoms with Gasteiger partial charge < -0.3 is 4.90 Å². The monoisotopic (exact) mass is 341 g/mol. The lowest BCUT2D eigenvalue weighted by Gasteiger charge is -2.20. The van der Waals surface area contributed by atoms with E-state index in [4.69, 9.17) is 0 Å². The molecule has 0 saturated carbocycles. The second kappa shape index (κ2) is 6.65. The van der Waals surface area contributed by atoms with Crippen molar-refractivity contribution < 1.29 is 4.79 Å². The number of carbonyl (C=O) groups excluding carboxylic acids is 1. The lowest BCUT2D eigenvalue weighted by molar-refractivity contribution is 0.0776. The first-order chi connectivity index (χ1) is 12.1. The summed E-state index contributed by atoms with van der Waals surface area (Å²) in [4.78, 5) is 14.7. The summed E-state index contributed by atoms with van der Waals surface area (Å²) in [6.07, 6.45) is 8.95. The van der Waals surface area contributed by atoms with Gasteiger partial charge in [0.05, 0.1) is 12.2 Å². The molecular weight excluding hydrogens is 314 g/mol. The molecule has 0 radical (unpaired) electrons. The number of amides is 1. The summed E-state index contributed by atoms with van der Waals surface area (Å²) in [6, 6.07) is 0. The first-order valence-electron chi connectivity index (χ1n) is 9.50. The van der Waals surface area contributed by atoms with Crippen molar-refractivity contribution >= 4 is 5.91 Å². The fourth-order valence-corrected chi connectivity index (χ4v) is 4.18. The topological polar surface area (TPSA) is 77.7 Å². The van der Waals surface area contributed by atoms with E-state index in [2.05, 4.69) is 27.3 Å². The number of aromatic amines is 2. The van der Waals surface area contributed by atoms with Crippen molar-refractivity contribution in [3.05, 3.63) is 33.9 Å². The van der Waals surface area contributed by atoms with Crippen LogP contribution < -0.4 is 0 Å². The van der Waals surface area contributed by atoms with Crippen LogP contribution in [0.1, 0.15) is 71.3 Å². The normalized spacial score (nSPS) is 19.8. The van der Waals surface area contributed by atoms with E-state index >= 15 is 0 Å². The van der Waals surface area contributed by atoms with E-state index in [-0.39, 0.29) is 5.91 Å². The summed E-state index contributed by atoms with van der Waals surface area (Å²) >= 11 is 0. The number of hydrogen-bond acceptors (Lipinski definition) is 3. The number of nitrogens with one attached hydrogen (secondary N) is 2. The SMILES string of the molecule is CC1CCc2[nH]nc(C(=O)N(C)Cc3n[nH]c4c3CCCCC4)c2C1. The Hall–Kier alpha value is -2.11. The molecule has 0 fully saturated rings. The highest BCUT2D eigenvalue weighted by Gasteiger charge is 2.27. The zero-order valence-electron chi connectivity index (χ0n) is 15.2. The zero-order chi connectivity index (χ0) is 17.4. The van der Waals surface area contributed by atoms with Gasteiger partial charge in [0.25, 0.3) is 5.91 Å². The highest BCUT2D eigenvalue weighted by atomic mass is 16.2. The van der Waals surface area contributed by atoms with Crippen molar-refractivity contribution in [2.24, 2.45) is 5.92 Å². The predicted octanol–water partition coefficient (Wildman–Crippen LogP) is 2.80. The molecule has 2 aliphatic rings. The van der Waals surface area contributed by atoms with Crippen molar-refractivity contribution in [1.82, 2.24) is 25.3 Å². The standard InChI is InChI=1S/C19H27N5O/c1-12-8-9-16-14(10-12)18(23-21-16)19(25)24(2)11-17-13-6-4-3-5-7-15(13)20-22-17/h12H,3-11H2,1-2H3,(H,20,22)(H,21,23). The Bertz CT molecular complexity index is 775. The number of aryl methyl sites for hydroxylation is 2. The maximum absolute atomic E-state index is 13.0. The number of H-pyrrole nitrogens is 2. The number of hydrogen-bond donors (Lipinski definition) is 2. The number of fused-ring (bicyclic) bond motifs is 2. The van der Waals surface area contributed by atoms with Gasteiger partial charge in [0, 0.05) is 24.0 Å². The van der Waals surface area contributed by atoms with Crippen molar-refractivity contribution in [3.8, 4) is 0 Å². The third-order valence-electron chi connectivity index (χ3n) is 5.72. The molecule has 0 saturated heterocycles. The molecule has 0 aliphatic heterocycles. The van der Waals surface area contributed by atoms with Gasteiger partial charge in [-0.15, -0.1) is 0 Å². The first-order valence-corrected chi connectivity index (χ1v) is 9.50. The summed E-state index contributed by atoms with van der Waals surface area (Å²) in [5.41, 5.74) is 6.48. The van der Waals surface area contributed by atoms with Crippen LogP contribution in [-0.4, -0.2) is 38.2 Å². The van der Waals surface area contributed by atoms with Crippen LogP contribution in [0.5, 0.6) is 0 Å². The van der Waals surface area contributed by atoms with Gasteiger partial charge in [0.1, 0.15) is 0 Å².